The van der Waals surface area contributed by atoms with Crippen LogP contribution in [0.2, 0.25) is 0 Å². The van der Waals surface area contributed by atoms with Crippen LogP contribution in [0.25, 0.3) is 0 Å². The summed E-state index contributed by atoms with van der Waals surface area (Å²) in [6.45, 7) is 3.98. The number of nitrogens with zero attached hydrogens (tertiary/aromatic N) is 1. The first-order valence-electron chi connectivity index (χ1n) is 10.5. The first-order valence-corrected chi connectivity index (χ1v) is 10.5. The molecule has 1 aliphatic rings. The van der Waals surface area contributed by atoms with Crippen LogP contribution in [0.3, 0.4) is 0 Å². The number of amides is 2. The van der Waals surface area contributed by atoms with Gasteiger partial charge in [0.25, 0.3) is 5.91 Å². The molecule has 0 spiro atoms. The molecule has 3 aromatic rings. The van der Waals surface area contributed by atoms with E-state index in [0.29, 0.717) is 5.56 Å². The molecule has 0 aromatic heterocycles. The molecule has 162 valence electrons. The summed E-state index contributed by atoms with van der Waals surface area (Å²) >= 11 is 0. The number of ether oxygens (including phenoxy) is 1. The summed E-state index contributed by atoms with van der Waals surface area (Å²) < 4.78 is 7.05. The molecule has 0 bridgehead atoms. The summed E-state index contributed by atoms with van der Waals surface area (Å²) in [6, 6.07) is 21.5. The zero-order valence-electron chi connectivity index (χ0n) is 18.3. The summed E-state index contributed by atoms with van der Waals surface area (Å²) in [7, 11) is 1.61. The quantitative estimate of drug-likeness (QED) is 0.613. The van der Waals surface area contributed by atoms with E-state index in [-0.39, 0.29) is 11.8 Å². The Morgan fingerprint density at radius 3 is 2.34 bits per heavy atom. The minimum Gasteiger partial charge on any atom is -0.497 e. The highest BCUT2D eigenvalue weighted by molar-refractivity contribution is 5.98. The van der Waals surface area contributed by atoms with Gasteiger partial charge in [0.2, 0.25) is 12.3 Å². The predicted octanol–water partition coefficient (Wildman–Crippen LogP) is 3.33. The van der Waals surface area contributed by atoms with Crippen LogP contribution < -0.4 is 15.5 Å². The van der Waals surface area contributed by atoms with Crippen LogP contribution in [0.4, 0.5) is 0 Å². The molecule has 1 saturated heterocycles. The fourth-order valence-corrected chi connectivity index (χ4v) is 3.79. The average molecular weight is 429 g/mol. The molecule has 0 radical (unpaired) electrons. The third kappa shape index (κ3) is 4.39. The number of hydrazine groups is 1. The average Bonchev–Trinajstić information content (AvgIpc) is 3.10. The Balaban J connectivity index is 1.71. The second kappa shape index (κ2) is 9.06. The molecule has 0 aliphatic carbocycles. The number of carbonyl (C=O) groups is 2. The molecule has 2 atom stereocenters. The van der Waals surface area contributed by atoms with Gasteiger partial charge in [0, 0.05) is 16.7 Å². The maximum Gasteiger partial charge on any atom is 0.304 e. The van der Waals surface area contributed by atoms with Gasteiger partial charge < -0.3 is 10.1 Å². The fraction of sp³-hybridized carbons (Fsp3) is 0.192. The second-order valence-corrected chi connectivity index (χ2v) is 7.90. The van der Waals surface area contributed by atoms with E-state index in [4.69, 9.17) is 4.74 Å². The summed E-state index contributed by atoms with van der Waals surface area (Å²) in [5.74, 6) is 0.165. The van der Waals surface area contributed by atoms with Crippen LogP contribution >= 0.6 is 0 Å². The molecule has 1 aliphatic heterocycles. The van der Waals surface area contributed by atoms with Crippen molar-refractivity contribution in [2.24, 2.45) is 0 Å². The van der Waals surface area contributed by atoms with Crippen molar-refractivity contribution in [1.82, 2.24) is 10.7 Å². The first kappa shape index (κ1) is 21.3. The van der Waals surface area contributed by atoms with E-state index in [9.17, 15) is 9.59 Å². The number of carbonyl (C=O) groups excluding carboxylic acids is 2. The van der Waals surface area contributed by atoms with E-state index in [1.165, 1.54) is 0 Å². The predicted molar refractivity (Wildman–Crippen MR) is 123 cm³/mol. The van der Waals surface area contributed by atoms with Gasteiger partial charge in [0.05, 0.1) is 7.11 Å². The molecule has 32 heavy (non-hydrogen) atoms. The van der Waals surface area contributed by atoms with E-state index in [2.05, 4.69) is 10.7 Å². The van der Waals surface area contributed by atoms with Crippen LogP contribution in [0.15, 0.2) is 72.8 Å². The van der Waals surface area contributed by atoms with E-state index >= 15 is 0 Å². The Bertz CT molecular complexity index is 1170. The van der Waals surface area contributed by atoms with Crippen LogP contribution in [0.5, 0.6) is 5.75 Å². The Kier molecular flexibility index (Phi) is 6.03. The zero-order chi connectivity index (χ0) is 22.7. The highest BCUT2D eigenvalue weighted by atomic mass is 16.5. The van der Waals surface area contributed by atoms with Gasteiger partial charge in [-0.05, 0) is 61.9 Å². The summed E-state index contributed by atoms with van der Waals surface area (Å²) in [5, 5.41) is 2.93. The summed E-state index contributed by atoms with van der Waals surface area (Å²) in [6.07, 6.45) is 1.90. The van der Waals surface area contributed by atoms with Crippen molar-refractivity contribution in [3.63, 3.8) is 0 Å². The van der Waals surface area contributed by atoms with Gasteiger partial charge in [0.1, 0.15) is 5.75 Å². The number of hydrogen-bond donors (Lipinski definition) is 2. The second-order valence-electron chi connectivity index (χ2n) is 7.90. The Morgan fingerprint density at radius 1 is 1.00 bits per heavy atom. The van der Waals surface area contributed by atoms with Crippen molar-refractivity contribution >= 4 is 18.0 Å². The fourth-order valence-electron chi connectivity index (χ4n) is 3.79. The van der Waals surface area contributed by atoms with Crippen molar-refractivity contribution in [3.05, 3.63) is 101 Å². The lowest BCUT2D eigenvalue weighted by molar-refractivity contribution is -0.596. The van der Waals surface area contributed by atoms with Gasteiger partial charge in [-0.2, -0.15) is 0 Å². The lowest BCUT2D eigenvalue weighted by atomic mass is 9.99. The molecule has 6 nitrogen and oxygen atoms in total. The maximum atomic E-state index is 13.0. The highest BCUT2D eigenvalue weighted by Gasteiger charge is 2.47. The molecular formula is C26H26N3O3+. The third-order valence-electron chi connectivity index (χ3n) is 5.66. The van der Waals surface area contributed by atoms with Crippen LogP contribution in [-0.2, 0) is 4.79 Å². The normalized spacial score (nSPS) is 19.0. The number of benzene rings is 3. The number of aryl methyl sites for hydroxylation is 2. The van der Waals surface area contributed by atoms with Crippen molar-refractivity contribution in [2.45, 2.75) is 25.9 Å². The Hall–Kier alpha value is -3.93. The number of hydrogen-bond acceptors (Lipinski definition) is 3. The van der Waals surface area contributed by atoms with E-state index in [0.717, 1.165) is 28.0 Å². The van der Waals surface area contributed by atoms with Crippen molar-refractivity contribution < 1.29 is 19.0 Å². The van der Waals surface area contributed by atoms with Crippen LogP contribution in [-0.4, -0.2) is 35.9 Å². The van der Waals surface area contributed by atoms with Gasteiger partial charge in [-0.3, -0.25) is 9.59 Å². The molecule has 1 heterocycles. The van der Waals surface area contributed by atoms with Crippen LogP contribution in [0.1, 0.15) is 38.7 Å². The molecule has 2 amide bonds. The summed E-state index contributed by atoms with van der Waals surface area (Å²) in [4.78, 5) is 25.9. The zero-order valence-corrected chi connectivity index (χ0v) is 18.3. The smallest absolute Gasteiger partial charge is 0.304 e. The lowest BCUT2D eigenvalue weighted by Gasteiger charge is -2.15. The summed E-state index contributed by atoms with van der Waals surface area (Å²) in [5.41, 5.74) is 7.44. The number of nitrogens with one attached hydrogen (secondary N) is 2. The van der Waals surface area contributed by atoms with Gasteiger partial charge >= 0.3 is 5.91 Å². The SMILES string of the molecule is COc1ccc([C@@H]2[C@@H](NC(=O)c3ccc(C)cc3)C(=O)N/[N+]2=C\c2ccccc2C)cc1. The monoisotopic (exact) mass is 428 g/mol. The number of hydrazone groups is 1. The van der Waals surface area contributed by atoms with Gasteiger partial charge in [-0.25, -0.2) is 0 Å². The maximum absolute atomic E-state index is 13.0. The number of rotatable bonds is 5. The van der Waals surface area contributed by atoms with Gasteiger partial charge in [-0.15, -0.1) is 10.1 Å². The van der Waals surface area contributed by atoms with E-state index in [1.54, 1.807) is 23.9 Å². The molecule has 0 unspecified atom stereocenters. The van der Waals surface area contributed by atoms with Crippen molar-refractivity contribution in [2.75, 3.05) is 7.11 Å². The van der Waals surface area contributed by atoms with Crippen LogP contribution in [0, 0.1) is 13.8 Å². The van der Waals surface area contributed by atoms with Gasteiger partial charge in [0.15, 0.2) is 6.04 Å². The molecule has 6 heteroatoms. The lowest BCUT2D eigenvalue weighted by Crippen LogP contribution is -2.42. The van der Waals surface area contributed by atoms with Gasteiger partial charge in [-0.1, -0.05) is 35.9 Å². The third-order valence-corrected chi connectivity index (χ3v) is 5.66. The standard InChI is InChI=1S/C26H25N3O3/c1-17-8-10-20(11-9-17)25(30)27-23-24(19-12-14-22(32-3)15-13-19)29(28-26(23)31)16-21-7-5-4-6-18(21)2/h4-16,23-24H,1-3H3,(H-,27,28,30,31)/p+1/b29-16-/t23-,24-/m1/s1. The van der Waals surface area contributed by atoms with E-state index < -0.39 is 12.1 Å². The molecule has 3 aromatic carbocycles. The topological polar surface area (TPSA) is 70.4 Å². The van der Waals surface area contributed by atoms with Crippen molar-refractivity contribution in [1.29, 1.82) is 0 Å². The molecule has 1 fully saturated rings. The van der Waals surface area contributed by atoms with Crippen molar-refractivity contribution in [3.8, 4) is 5.75 Å². The Morgan fingerprint density at radius 2 is 1.69 bits per heavy atom. The largest absolute Gasteiger partial charge is 0.497 e. The van der Waals surface area contributed by atoms with E-state index in [1.807, 2.05) is 80.7 Å². The minimum absolute atomic E-state index is 0.267. The molecular weight excluding hydrogens is 402 g/mol. The Labute approximate surface area is 187 Å². The first-order chi connectivity index (χ1) is 15.5. The highest BCUT2D eigenvalue weighted by Crippen LogP contribution is 2.27. The molecule has 0 saturated carbocycles. The number of methoxy groups -OCH3 is 1. The molecule has 4 rings (SSSR count). The minimum atomic E-state index is -0.766. The molecule has 2 N–H and O–H groups in total.